The van der Waals surface area contributed by atoms with E-state index in [1.54, 1.807) is 30.3 Å². The Labute approximate surface area is 203 Å². The van der Waals surface area contributed by atoms with Crippen LogP contribution in [0.1, 0.15) is 5.69 Å². The number of pyridine rings is 1. The SMILES string of the molecule is Cc1cc(Oc2ccc(-c3ccc(O)cc3)cc2)cc(Oc2ccc(-c3ccc(O)cc3)cc2)n1. The highest BCUT2D eigenvalue weighted by Crippen LogP contribution is 2.31. The first-order chi connectivity index (χ1) is 17.0. The van der Waals surface area contributed by atoms with Gasteiger partial charge < -0.3 is 19.7 Å². The summed E-state index contributed by atoms with van der Waals surface area (Å²) in [6.07, 6.45) is 0. The second-order valence-electron chi connectivity index (χ2n) is 8.13. The number of ether oxygens (including phenoxy) is 2. The Bertz CT molecular complexity index is 1320. The molecule has 0 aliphatic rings. The van der Waals surface area contributed by atoms with E-state index in [0.717, 1.165) is 27.9 Å². The van der Waals surface area contributed by atoms with Crippen LogP contribution >= 0.6 is 0 Å². The number of hydrogen-bond acceptors (Lipinski definition) is 5. The highest BCUT2D eigenvalue weighted by Gasteiger charge is 2.07. The summed E-state index contributed by atoms with van der Waals surface area (Å²) in [4.78, 5) is 4.47. The molecule has 0 aliphatic carbocycles. The zero-order valence-corrected chi connectivity index (χ0v) is 19.1. The van der Waals surface area contributed by atoms with E-state index < -0.39 is 0 Å². The second-order valence-corrected chi connectivity index (χ2v) is 8.13. The maximum absolute atomic E-state index is 9.47. The standard InChI is InChI=1S/C30H23NO4/c1-20-18-29(34-27-14-6-23(7-15-27)21-2-10-25(32)11-3-21)19-30(31-20)35-28-16-8-24(9-17-28)22-4-12-26(33)13-5-22/h2-19,32-33H,1H3. The van der Waals surface area contributed by atoms with Gasteiger partial charge in [0.05, 0.1) is 0 Å². The third-order valence-electron chi connectivity index (χ3n) is 5.47. The number of phenols is 2. The van der Waals surface area contributed by atoms with Gasteiger partial charge in [0.25, 0.3) is 0 Å². The van der Waals surface area contributed by atoms with Gasteiger partial charge in [-0.05, 0) is 77.7 Å². The van der Waals surface area contributed by atoms with Gasteiger partial charge in [0.2, 0.25) is 5.88 Å². The zero-order valence-electron chi connectivity index (χ0n) is 19.1. The summed E-state index contributed by atoms with van der Waals surface area (Å²) in [6, 6.07) is 33.2. The minimum Gasteiger partial charge on any atom is -0.508 e. The van der Waals surface area contributed by atoms with Crippen LogP contribution in [0.15, 0.2) is 109 Å². The monoisotopic (exact) mass is 461 g/mol. The summed E-state index contributed by atoms with van der Waals surface area (Å²) in [5.41, 5.74) is 4.85. The number of aryl methyl sites for hydroxylation is 1. The number of aromatic hydroxyl groups is 2. The molecule has 0 radical (unpaired) electrons. The van der Waals surface area contributed by atoms with Gasteiger partial charge in [-0.1, -0.05) is 48.5 Å². The van der Waals surface area contributed by atoms with Crippen LogP contribution in [0.2, 0.25) is 0 Å². The smallest absolute Gasteiger partial charge is 0.223 e. The average molecular weight is 462 g/mol. The number of nitrogens with zero attached hydrogens (tertiary/aromatic N) is 1. The van der Waals surface area contributed by atoms with Crippen LogP contribution < -0.4 is 9.47 Å². The lowest BCUT2D eigenvalue weighted by atomic mass is 10.1. The molecule has 0 aliphatic heterocycles. The lowest BCUT2D eigenvalue weighted by Gasteiger charge is -2.11. The zero-order chi connectivity index (χ0) is 24.2. The van der Waals surface area contributed by atoms with Gasteiger partial charge >= 0.3 is 0 Å². The van der Waals surface area contributed by atoms with Crippen molar-refractivity contribution in [1.29, 1.82) is 0 Å². The van der Waals surface area contributed by atoms with E-state index >= 15 is 0 Å². The van der Waals surface area contributed by atoms with Crippen molar-refractivity contribution in [2.75, 3.05) is 0 Å². The molecule has 0 atom stereocenters. The summed E-state index contributed by atoms with van der Waals surface area (Å²) in [7, 11) is 0. The fraction of sp³-hybridized carbons (Fsp3) is 0.0333. The van der Waals surface area contributed by atoms with Crippen LogP contribution in [0.4, 0.5) is 0 Å². The highest BCUT2D eigenvalue weighted by molar-refractivity contribution is 5.66. The second kappa shape index (κ2) is 9.61. The Morgan fingerprint density at radius 2 is 0.886 bits per heavy atom. The molecular formula is C30H23NO4. The van der Waals surface area contributed by atoms with Crippen molar-refractivity contribution in [3.8, 4) is 56.9 Å². The molecule has 2 N–H and O–H groups in total. The third kappa shape index (κ3) is 5.42. The highest BCUT2D eigenvalue weighted by atomic mass is 16.5. The molecule has 1 heterocycles. The predicted octanol–water partition coefficient (Wildman–Crippen LogP) is 7.72. The van der Waals surface area contributed by atoms with Crippen LogP contribution in [0.5, 0.6) is 34.6 Å². The molecule has 0 saturated heterocycles. The molecule has 1 aromatic heterocycles. The summed E-state index contributed by atoms with van der Waals surface area (Å²) < 4.78 is 12.0. The van der Waals surface area contributed by atoms with Crippen molar-refractivity contribution in [2.45, 2.75) is 6.92 Å². The van der Waals surface area contributed by atoms with Gasteiger partial charge in [-0.15, -0.1) is 0 Å². The summed E-state index contributed by atoms with van der Waals surface area (Å²) >= 11 is 0. The first-order valence-electron chi connectivity index (χ1n) is 11.2. The molecular weight excluding hydrogens is 438 g/mol. The fourth-order valence-corrected chi connectivity index (χ4v) is 3.71. The normalized spacial score (nSPS) is 10.7. The van der Waals surface area contributed by atoms with Gasteiger partial charge in [-0.3, -0.25) is 0 Å². The quantitative estimate of drug-likeness (QED) is 0.271. The Morgan fingerprint density at radius 1 is 0.486 bits per heavy atom. The van der Waals surface area contributed by atoms with Crippen molar-refractivity contribution >= 4 is 0 Å². The molecule has 35 heavy (non-hydrogen) atoms. The van der Waals surface area contributed by atoms with Gasteiger partial charge in [0.15, 0.2) is 0 Å². The summed E-state index contributed by atoms with van der Waals surface area (Å²) in [5, 5.41) is 18.9. The first kappa shape index (κ1) is 22.0. The van der Waals surface area contributed by atoms with Crippen molar-refractivity contribution in [1.82, 2.24) is 4.98 Å². The molecule has 0 spiro atoms. The average Bonchev–Trinajstić information content (AvgIpc) is 2.86. The maximum atomic E-state index is 9.47. The summed E-state index contributed by atoms with van der Waals surface area (Å²) in [5.74, 6) is 2.92. The predicted molar refractivity (Wildman–Crippen MR) is 136 cm³/mol. The Morgan fingerprint density at radius 3 is 1.34 bits per heavy atom. The van der Waals surface area contributed by atoms with E-state index in [9.17, 15) is 10.2 Å². The van der Waals surface area contributed by atoms with E-state index in [1.165, 1.54) is 0 Å². The van der Waals surface area contributed by atoms with Crippen molar-refractivity contribution in [3.63, 3.8) is 0 Å². The van der Waals surface area contributed by atoms with Gasteiger partial charge in [-0.2, -0.15) is 0 Å². The third-order valence-corrected chi connectivity index (χ3v) is 5.47. The topological polar surface area (TPSA) is 71.8 Å². The minimum atomic E-state index is 0.241. The lowest BCUT2D eigenvalue weighted by Crippen LogP contribution is -1.93. The molecule has 0 bridgehead atoms. The molecule has 4 aromatic carbocycles. The van der Waals surface area contributed by atoms with Gasteiger partial charge in [0, 0.05) is 17.8 Å². The summed E-state index contributed by atoms with van der Waals surface area (Å²) in [6.45, 7) is 1.89. The van der Waals surface area contributed by atoms with E-state index in [2.05, 4.69) is 4.98 Å². The van der Waals surface area contributed by atoms with Crippen LogP contribution in [0, 0.1) is 6.92 Å². The minimum absolute atomic E-state index is 0.241. The number of rotatable bonds is 6. The van der Waals surface area contributed by atoms with Gasteiger partial charge in [-0.25, -0.2) is 4.98 Å². The van der Waals surface area contributed by atoms with Crippen molar-refractivity contribution in [2.24, 2.45) is 0 Å². The Balaban J connectivity index is 1.29. The molecule has 0 unspecified atom stereocenters. The molecule has 172 valence electrons. The van der Waals surface area contributed by atoms with E-state index in [4.69, 9.17) is 9.47 Å². The van der Waals surface area contributed by atoms with Crippen LogP contribution in [0.25, 0.3) is 22.3 Å². The van der Waals surface area contributed by atoms with Crippen LogP contribution in [-0.2, 0) is 0 Å². The van der Waals surface area contributed by atoms with Crippen LogP contribution in [-0.4, -0.2) is 15.2 Å². The molecule has 5 aromatic rings. The molecule has 5 nitrogen and oxygen atoms in total. The van der Waals surface area contributed by atoms with Crippen LogP contribution in [0.3, 0.4) is 0 Å². The number of phenolic OH excluding ortho intramolecular Hbond substituents is 2. The first-order valence-corrected chi connectivity index (χ1v) is 11.2. The fourth-order valence-electron chi connectivity index (χ4n) is 3.71. The number of hydrogen-bond donors (Lipinski definition) is 2. The van der Waals surface area contributed by atoms with Crippen molar-refractivity contribution in [3.05, 3.63) is 115 Å². The van der Waals surface area contributed by atoms with E-state index in [1.807, 2.05) is 85.8 Å². The molecule has 5 rings (SSSR count). The number of aromatic nitrogens is 1. The van der Waals surface area contributed by atoms with Gasteiger partial charge in [0.1, 0.15) is 28.7 Å². The molecule has 5 heteroatoms. The molecule has 0 fully saturated rings. The van der Waals surface area contributed by atoms with E-state index in [0.29, 0.717) is 23.1 Å². The number of benzene rings is 4. The molecule has 0 saturated carbocycles. The van der Waals surface area contributed by atoms with E-state index in [-0.39, 0.29) is 11.5 Å². The Hall–Kier alpha value is -4.77. The maximum Gasteiger partial charge on any atom is 0.223 e. The van der Waals surface area contributed by atoms with Crippen molar-refractivity contribution < 1.29 is 19.7 Å². The largest absolute Gasteiger partial charge is 0.508 e. The lowest BCUT2D eigenvalue weighted by molar-refractivity contribution is 0.444. The Kier molecular flexibility index (Phi) is 6.05. The molecule has 0 amide bonds.